The topological polar surface area (TPSA) is 41.1 Å². The standard InChI is InChI=1S/C14H24N4/c1-11-4-7-18(8-5-11)9-6-15-14-10-16-12(2)13(3)17-14/h10-11H,4-9H2,1-3H3,(H,15,17). The van der Waals surface area contributed by atoms with Crippen LogP contribution in [0.15, 0.2) is 6.20 Å². The van der Waals surface area contributed by atoms with Gasteiger partial charge in [0, 0.05) is 13.1 Å². The van der Waals surface area contributed by atoms with Crippen LogP contribution in [0, 0.1) is 19.8 Å². The third-order valence-corrected chi connectivity index (χ3v) is 3.80. The number of hydrogen-bond acceptors (Lipinski definition) is 4. The molecule has 1 aliphatic rings. The Balaban J connectivity index is 1.73. The number of likely N-dealkylation sites (tertiary alicyclic amines) is 1. The largest absolute Gasteiger partial charge is 0.368 e. The third kappa shape index (κ3) is 3.67. The average molecular weight is 248 g/mol. The zero-order chi connectivity index (χ0) is 13.0. The molecule has 0 aliphatic carbocycles. The molecular weight excluding hydrogens is 224 g/mol. The molecule has 0 unspecified atom stereocenters. The molecule has 1 aromatic rings. The molecule has 1 fully saturated rings. The monoisotopic (exact) mass is 248 g/mol. The van der Waals surface area contributed by atoms with Crippen LogP contribution >= 0.6 is 0 Å². The zero-order valence-electron chi connectivity index (χ0n) is 11.7. The normalized spacial score (nSPS) is 17.9. The first kappa shape index (κ1) is 13.3. The van der Waals surface area contributed by atoms with Crippen LogP contribution in [0.2, 0.25) is 0 Å². The van der Waals surface area contributed by atoms with E-state index in [2.05, 4.69) is 27.1 Å². The first-order chi connectivity index (χ1) is 8.65. The summed E-state index contributed by atoms with van der Waals surface area (Å²) in [6.45, 7) is 10.9. The van der Waals surface area contributed by atoms with Crippen molar-refractivity contribution >= 4 is 5.82 Å². The van der Waals surface area contributed by atoms with E-state index >= 15 is 0 Å². The van der Waals surface area contributed by atoms with Gasteiger partial charge < -0.3 is 10.2 Å². The number of aryl methyl sites for hydroxylation is 2. The molecule has 0 atom stereocenters. The summed E-state index contributed by atoms with van der Waals surface area (Å²) in [5, 5.41) is 3.36. The number of nitrogens with one attached hydrogen (secondary N) is 1. The van der Waals surface area contributed by atoms with Crippen molar-refractivity contribution in [3.05, 3.63) is 17.6 Å². The molecule has 4 nitrogen and oxygen atoms in total. The van der Waals surface area contributed by atoms with Gasteiger partial charge in [-0.2, -0.15) is 0 Å². The number of aromatic nitrogens is 2. The second-order valence-corrected chi connectivity index (χ2v) is 5.38. The summed E-state index contributed by atoms with van der Waals surface area (Å²) in [5.74, 6) is 1.79. The smallest absolute Gasteiger partial charge is 0.144 e. The molecule has 1 saturated heterocycles. The van der Waals surface area contributed by atoms with Crippen molar-refractivity contribution in [2.24, 2.45) is 5.92 Å². The van der Waals surface area contributed by atoms with Gasteiger partial charge in [0.2, 0.25) is 0 Å². The molecule has 18 heavy (non-hydrogen) atoms. The lowest BCUT2D eigenvalue weighted by molar-refractivity contribution is 0.199. The van der Waals surface area contributed by atoms with Gasteiger partial charge in [-0.1, -0.05) is 6.92 Å². The fourth-order valence-corrected chi connectivity index (χ4v) is 2.25. The lowest BCUT2D eigenvalue weighted by atomic mass is 9.99. The fraction of sp³-hybridized carbons (Fsp3) is 0.714. The maximum atomic E-state index is 4.48. The third-order valence-electron chi connectivity index (χ3n) is 3.80. The SMILES string of the molecule is Cc1ncc(NCCN2CCC(C)CC2)nc1C. The van der Waals surface area contributed by atoms with E-state index in [1.165, 1.54) is 25.9 Å². The van der Waals surface area contributed by atoms with E-state index in [-0.39, 0.29) is 0 Å². The van der Waals surface area contributed by atoms with Crippen LogP contribution < -0.4 is 5.32 Å². The predicted octanol–water partition coefficient (Wildman–Crippen LogP) is 2.24. The van der Waals surface area contributed by atoms with Crippen molar-refractivity contribution in [2.45, 2.75) is 33.6 Å². The Kier molecular flexibility index (Phi) is 4.53. The summed E-state index contributed by atoms with van der Waals surface area (Å²) in [7, 11) is 0. The second kappa shape index (κ2) is 6.14. The molecule has 0 radical (unpaired) electrons. The Morgan fingerprint density at radius 1 is 1.28 bits per heavy atom. The van der Waals surface area contributed by atoms with Crippen molar-refractivity contribution in [1.82, 2.24) is 14.9 Å². The van der Waals surface area contributed by atoms with Crippen molar-refractivity contribution in [2.75, 3.05) is 31.5 Å². The highest BCUT2D eigenvalue weighted by Gasteiger charge is 2.14. The van der Waals surface area contributed by atoms with Gasteiger partial charge >= 0.3 is 0 Å². The molecule has 1 N–H and O–H groups in total. The lowest BCUT2D eigenvalue weighted by Gasteiger charge is -2.30. The van der Waals surface area contributed by atoms with Crippen LogP contribution in [0.4, 0.5) is 5.82 Å². The van der Waals surface area contributed by atoms with Crippen LogP contribution in [-0.4, -0.2) is 41.0 Å². The summed E-state index contributed by atoms with van der Waals surface area (Å²) in [5.41, 5.74) is 2.01. The van der Waals surface area contributed by atoms with Crippen LogP contribution in [0.5, 0.6) is 0 Å². The van der Waals surface area contributed by atoms with E-state index < -0.39 is 0 Å². The molecule has 2 heterocycles. The molecule has 100 valence electrons. The van der Waals surface area contributed by atoms with E-state index in [1.807, 2.05) is 20.0 Å². The minimum absolute atomic E-state index is 0.892. The minimum atomic E-state index is 0.892. The Bertz CT molecular complexity index is 383. The van der Waals surface area contributed by atoms with Gasteiger partial charge in [-0.05, 0) is 45.7 Å². The fourth-order valence-electron chi connectivity index (χ4n) is 2.25. The Hall–Kier alpha value is -1.16. The second-order valence-electron chi connectivity index (χ2n) is 5.38. The maximum absolute atomic E-state index is 4.48. The van der Waals surface area contributed by atoms with E-state index in [9.17, 15) is 0 Å². The Labute approximate surface area is 110 Å². The summed E-state index contributed by atoms with van der Waals surface area (Å²) in [6, 6.07) is 0. The first-order valence-electron chi connectivity index (χ1n) is 6.91. The van der Waals surface area contributed by atoms with Crippen LogP contribution in [0.3, 0.4) is 0 Å². The highest BCUT2D eigenvalue weighted by molar-refractivity contribution is 5.33. The van der Waals surface area contributed by atoms with Gasteiger partial charge in [-0.25, -0.2) is 4.98 Å². The lowest BCUT2D eigenvalue weighted by Crippen LogP contribution is -2.36. The molecule has 0 saturated carbocycles. The van der Waals surface area contributed by atoms with Crippen molar-refractivity contribution in [3.63, 3.8) is 0 Å². The maximum Gasteiger partial charge on any atom is 0.144 e. The van der Waals surface area contributed by atoms with Crippen LogP contribution in [-0.2, 0) is 0 Å². The zero-order valence-corrected chi connectivity index (χ0v) is 11.7. The molecule has 0 aromatic carbocycles. The van der Waals surface area contributed by atoms with Gasteiger partial charge in [0.1, 0.15) is 5.82 Å². The van der Waals surface area contributed by atoms with E-state index in [1.54, 1.807) is 0 Å². The molecule has 0 bridgehead atoms. The first-order valence-corrected chi connectivity index (χ1v) is 6.91. The summed E-state index contributed by atoms with van der Waals surface area (Å²) >= 11 is 0. The van der Waals surface area contributed by atoms with Gasteiger partial charge in [-0.15, -0.1) is 0 Å². The van der Waals surface area contributed by atoms with Gasteiger partial charge in [0.15, 0.2) is 0 Å². The number of nitrogens with zero attached hydrogens (tertiary/aromatic N) is 3. The summed E-state index contributed by atoms with van der Waals surface area (Å²) < 4.78 is 0. The van der Waals surface area contributed by atoms with Crippen molar-refractivity contribution in [3.8, 4) is 0 Å². The quantitative estimate of drug-likeness (QED) is 0.887. The summed E-state index contributed by atoms with van der Waals surface area (Å²) in [6.07, 6.45) is 4.49. The number of anilines is 1. The molecule has 1 aliphatic heterocycles. The van der Waals surface area contributed by atoms with Gasteiger partial charge in [0.05, 0.1) is 17.6 Å². The highest BCUT2D eigenvalue weighted by atomic mass is 15.1. The van der Waals surface area contributed by atoms with Crippen molar-refractivity contribution in [1.29, 1.82) is 0 Å². The molecule has 4 heteroatoms. The van der Waals surface area contributed by atoms with Gasteiger partial charge in [0.25, 0.3) is 0 Å². The van der Waals surface area contributed by atoms with Crippen LogP contribution in [0.1, 0.15) is 31.2 Å². The Morgan fingerprint density at radius 3 is 2.67 bits per heavy atom. The average Bonchev–Trinajstić information content (AvgIpc) is 2.36. The van der Waals surface area contributed by atoms with E-state index in [0.717, 1.165) is 36.2 Å². The minimum Gasteiger partial charge on any atom is -0.368 e. The van der Waals surface area contributed by atoms with E-state index in [4.69, 9.17) is 0 Å². The molecule has 0 amide bonds. The van der Waals surface area contributed by atoms with Crippen LogP contribution in [0.25, 0.3) is 0 Å². The highest BCUT2D eigenvalue weighted by Crippen LogP contribution is 2.15. The van der Waals surface area contributed by atoms with E-state index in [0.29, 0.717) is 0 Å². The summed E-state index contributed by atoms with van der Waals surface area (Å²) in [4.78, 5) is 11.3. The molecular formula is C14H24N4. The molecule has 1 aromatic heterocycles. The number of hydrogen-bond donors (Lipinski definition) is 1. The molecule has 0 spiro atoms. The Morgan fingerprint density at radius 2 is 2.00 bits per heavy atom. The predicted molar refractivity (Wildman–Crippen MR) is 74.8 cm³/mol. The van der Waals surface area contributed by atoms with Gasteiger partial charge in [-0.3, -0.25) is 4.98 Å². The number of rotatable bonds is 4. The number of piperidine rings is 1. The van der Waals surface area contributed by atoms with Crippen molar-refractivity contribution < 1.29 is 0 Å². The molecule has 2 rings (SSSR count).